The lowest BCUT2D eigenvalue weighted by Gasteiger charge is -2.26. The van der Waals surface area contributed by atoms with Crippen molar-refractivity contribution in [3.8, 4) is 0 Å². The van der Waals surface area contributed by atoms with Crippen molar-refractivity contribution in [1.29, 1.82) is 0 Å². The molecular formula is C21H18F4N4O4. The van der Waals surface area contributed by atoms with E-state index in [1.54, 1.807) is 0 Å². The minimum Gasteiger partial charge on any atom is -0.350 e. The van der Waals surface area contributed by atoms with Gasteiger partial charge in [-0.3, -0.25) is 9.59 Å². The highest BCUT2D eigenvalue weighted by atomic mass is 19.3. The number of halogens is 4. The number of ether oxygens (including phenoxy) is 1. The second kappa shape index (κ2) is 7.87. The van der Waals surface area contributed by atoms with Crippen LogP contribution in [0.15, 0.2) is 22.7 Å². The van der Waals surface area contributed by atoms with E-state index in [9.17, 15) is 27.2 Å². The van der Waals surface area contributed by atoms with Gasteiger partial charge in [0.05, 0.1) is 24.4 Å². The van der Waals surface area contributed by atoms with Crippen LogP contribution in [0.4, 0.5) is 17.6 Å². The maximum Gasteiger partial charge on any atom is 0.345 e. The van der Waals surface area contributed by atoms with Crippen molar-refractivity contribution < 1.29 is 36.4 Å². The SMILES string of the molecule is O=C(NC1(COC(F)F)CC1)c1onc2c1CN(C(=O)c1cc3cc(F)c(F)cc3[nH]1)CC2. The molecular weight excluding hydrogens is 448 g/mol. The Kier molecular flexibility index (Phi) is 5.11. The molecule has 12 heteroatoms. The number of H-pyrrole nitrogens is 1. The highest BCUT2D eigenvalue weighted by molar-refractivity contribution is 5.98. The molecule has 33 heavy (non-hydrogen) atoms. The van der Waals surface area contributed by atoms with Crippen LogP contribution in [0.25, 0.3) is 10.9 Å². The van der Waals surface area contributed by atoms with Crippen molar-refractivity contribution in [2.45, 2.75) is 38.0 Å². The molecule has 174 valence electrons. The second-order valence-corrected chi connectivity index (χ2v) is 8.26. The minimum absolute atomic E-state index is 0.0268. The number of aromatic nitrogens is 2. The topological polar surface area (TPSA) is 100 Å². The summed E-state index contributed by atoms with van der Waals surface area (Å²) in [7, 11) is 0. The molecule has 1 aromatic carbocycles. The van der Waals surface area contributed by atoms with E-state index in [1.807, 2.05) is 0 Å². The van der Waals surface area contributed by atoms with Crippen LogP contribution in [0.2, 0.25) is 0 Å². The van der Waals surface area contributed by atoms with Crippen molar-refractivity contribution in [3.05, 3.63) is 52.5 Å². The first-order chi connectivity index (χ1) is 15.7. The van der Waals surface area contributed by atoms with Crippen LogP contribution < -0.4 is 5.32 Å². The van der Waals surface area contributed by atoms with Gasteiger partial charge in [-0.1, -0.05) is 5.16 Å². The van der Waals surface area contributed by atoms with Crippen LogP contribution in [0.1, 0.15) is 45.1 Å². The number of carbonyl (C=O) groups is 2. The first-order valence-electron chi connectivity index (χ1n) is 10.2. The first kappa shape index (κ1) is 21.4. The van der Waals surface area contributed by atoms with Gasteiger partial charge in [0.2, 0.25) is 5.76 Å². The zero-order valence-corrected chi connectivity index (χ0v) is 17.1. The molecule has 0 atom stereocenters. The van der Waals surface area contributed by atoms with Gasteiger partial charge in [-0.25, -0.2) is 8.78 Å². The highest BCUT2D eigenvalue weighted by Gasteiger charge is 2.46. The molecule has 1 aliphatic heterocycles. The Balaban J connectivity index is 1.32. The molecule has 3 aromatic rings. The number of aromatic amines is 1. The zero-order chi connectivity index (χ0) is 23.3. The number of rotatable bonds is 6. The number of hydrogen-bond acceptors (Lipinski definition) is 5. The van der Waals surface area contributed by atoms with Crippen LogP contribution in [0.5, 0.6) is 0 Å². The van der Waals surface area contributed by atoms with Gasteiger partial charge in [0.15, 0.2) is 11.6 Å². The van der Waals surface area contributed by atoms with Crippen molar-refractivity contribution >= 4 is 22.7 Å². The fourth-order valence-electron chi connectivity index (χ4n) is 3.95. The summed E-state index contributed by atoms with van der Waals surface area (Å²) in [6.07, 6.45) is 1.32. The van der Waals surface area contributed by atoms with Crippen LogP contribution in [0.3, 0.4) is 0 Å². The highest BCUT2D eigenvalue weighted by Crippen LogP contribution is 2.37. The quantitative estimate of drug-likeness (QED) is 0.544. The molecule has 5 rings (SSSR count). The van der Waals surface area contributed by atoms with Crippen LogP contribution in [0, 0.1) is 11.6 Å². The normalized spacial score (nSPS) is 16.8. The fourth-order valence-corrected chi connectivity index (χ4v) is 3.95. The molecule has 1 fully saturated rings. The van der Waals surface area contributed by atoms with Gasteiger partial charge >= 0.3 is 6.61 Å². The molecule has 2 aromatic heterocycles. The second-order valence-electron chi connectivity index (χ2n) is 8.26. The van der Waals surface area contributed by atoms with E-state index in [-0.39, 0.29) is 30.1 Å². The summed E-state index contributed by atoms with van der Waals surface area (Å²) < 4.78 is 61.2. The zero-order valence-electron chi connectivity index (χ0n) is 17.1. The molecule has 2 aliphatic rings. The Bertz CT molecular complexity index is 1210. The van der Waals surface area contributed by atoms with E-state index < -0.39 is 35.6 Å². The Hall–Kier alpha value is -3.41. The van der Waals surface area contributed by atoms with E-state index in [4.69, 9.17) is 4.52 Å². The molecule has 2 N–H and O–H groups in total. The molecule has 0 bridgehead atoms. The number of fused-ring (bicyclic) bond motifs is 2. The molecule has 8 nitrogen and oxygen atoms in total. The summed E-state index contributed by atoms with van der Waals surface area (Å²) in [5, 5.41) is 6.92. The summed E-state index contributed by atoms with van der Waals surface area (Å²) in [5.74, 6) is -3.18. The molecule has 0 unspecified atom stereocenters. The van der Waals surface area contributed by atoms with Gasteiger partial charge in [0, 0.05) is 35.5 Å². The van der Waals surface area contributed by atoms with Gasteiger partial charge < -0.3 is 24.5 Å². The predicted molar refractivity (Wildman–Crippen MR) is 105 cm³/mol. The summed E-state index contributed by atoms with van der Waals surface area (Å²) in [6, 6.07) is 3.40. The average Bonchev–Trinajstić information content (AvgIpc) is 3.22. The Morgan fingerprint density at radius 1 is 1.24 bits per heavy atom. The van der Waals surface area contributed by atoms with Crippen molar-refractivity contribution in [2.24, 2.45) is 0 Å². The van der Waals surface area contributed by atoms with Gasteiger partial charge in [-0.2, -0.15) is 8.78 Å². The Morgan fingerprint density at radius 2 is 2.00 bits per heavy atom. The largest absolute Gasteiger partial charge is 0.350 e. The maximum atomic E-state index is 13.5. The number of amides is 2. The van der Waals surface area contributed by atoms with E-state index >= 15 is 0 Å². The molecule has 2 amide bonds. The monoisotopic (exact) mass is 466 g/mol. The maximum absolute atomic E-state index is 13.5. The number of carbonyl (C=O) groups excluding carboxylic acids is 2. The molecule has 0 saturated heterocycles. The van der Waals surface area contributed by atoms with E-state index in [0.717, 1.165) is 12.1 Å². The van der Waals surface area contributed by atoms with Crippen molar-refractivity contribution in [2.75, 3.05) is 13.2 Å². The molecule has 3 heterocycles. The summed E-state index contributed by atoms with van der Waals surface area (Å²) >= 11 is 0. The molecule has 1 aliphatic carbocycles. The molecule has 0 spiro atoms. The molecule has 0 radical (unpaired) electrons. The van der Waals surface area contributed by atoms with Crippen molar-refractivity contribution in [1.82, 2.24) is 20.4 Å². The third-order valence-corrected chi connectivity index (χ3v) is 5.94. The number of nitrogens with zero attached hydrogens (tertiary/aromatic N) is 2. The van der Waals surface area contributed by atoms with Gasteiger partial charge in [0.25, 0.3) is 11.8 Å². The summed E-state index contributed by atoms with van der Waals surface area (Å²) in [5.41, 5.74) is 0.499. The number of alkyl halides is 2. The van der Waals surface area contributed by atoms with Gasteiger partial charge in [0.1, 0.15) is 5.69 Å². The van der Waals surface area contributed by atoms with E-state index in [0.29, 0.717) is 42.5 Å². The lowest BCUT2D eigenvalue weighted by molar-refractivity contribution is -0.135. The lowest BCUT2D eigenvalue weighted by Crippen LogP contribution is -2.42. The Morgan fingerprint density at radius 3 is 2.73 bits per heavy atom. The number of benzene rings is 1. The van der Waals surface area contributed by atoms with Crippen molar-refractivity contribution in [3.63, 3.8) is 0 Å². The van der Waals surface area contributed by atoms with Gasteiger partial charge in [-0.05, 0) is 25.0 Å². The summed E-state index contributed by atoms with van der Waals surface area (Å²) in [6.45, 7) is -2.93. The van der Waals surface area contributed by atoms with Gasteiger partial charge in [-0.15, -0.1) is 0 Å². The van der Waals surface area contributed by atoms with Crippen LogP contribution in [-0.4, -0.2) is 52.2 Å². The fraction of sp³-hybridized carbons (Fsp3) is 0.381. The third kappa shape index (κ3) is 4.06. The smallest absolute Gasteiger partial charge is 0.345 e. The lowest BCUT2D eigenvalue weighted by atomic mass is 10.0. The number of nitrogens with one attached hydrogen (secondary N) is 2. The standard InChI is InChI=1S/C21H18F4N4O4/c22-12-5-10-6-16(26-15(10)7-13(12)23)19(31)29-4-1-14-11(8-29)17(33-28-14)18(30)27-21(2-3-21)9-32-20(24)25/h5-7,20,26H,1-4,8-9H2,(H,27,30). The molecule has 1 saturated carbocycles. The predicted octanol–water partition coefficient (Wildman–Crippen LogP) is 3.13. The van der Waals surface area contributed by atoms with E-state index in [2.05, 4.69) is 20.2 Å². The van der Waals surface area contributed by atoms with E-state index in [1.165, 1.54) is 11.0 Å². The Labute approximate surface area is 183 Å². The van der Waals surface area contributed by atoms with Crippen LogP contribution in [-0.2, 0) is 17.7 Å². The average molecular weight is 466 g/mol. The number of hydrogen-bond donors (Lipinski definition) is 2. The summed E-state index contributed by atoms with van der Waals surface area (Å²) in [4.78, 5) is 30.0. The van der Waals surface area contributed by atoms with Crippen LogP contribution >= 0.6 is 0 Å². The minimum atomic E-state index is -2.94. The first-order valence-corrected chi connectivity index (χ1v) is 10.2. The third-order valence-electron chi connectivity index (χ3n) is 5.94.